The van der Waals surface area contributed by atoms with E-state index < -0.39 is 26.0 Å². The van der Waals surface area contributed by atoms with E-state index >= 15 is 0 Å². The summed E-state index contributed by atoms with van der Waals surface area (Å²) >= 11 is 0.895. The minimum absolute atomic E-state index is 0.0486. The van der Waals surface area contributed by atoms with Crippen LogP contribution in [-0.2, 0) is 16.4 Å². The van der Waals surface area contributed by atoms with Crippen LogP contribution in [0.15, 0.2) is 56.8 Å². The van der Waals surface area contributed by atoms with Gasteiger partial charge in [0.25, 0.3) is 11.2 Å². The number of nitro groups is 1. The molecule has 0 bridgehead atoms. The van der Waals surface area contributed by atoms with Crippen molar-refractivity contribution in [2.75, 3.05) is 11.6 Å². The van der Waals surface area contributed by atoms with Crippen LogP contribution in [0.25, 0.3) is 21.5 Å². The standard InChI is InChI=1S/C20H16N4O6S2/c1-11-15(32(2,28)29)8-14(24(26)27)17-16(11)18(25)23-20(31-17)21-9-13-10-30-19(22-13)12-6-4-3-5-7-12/h3-8,10H,9H2,1-2H3,(H,21,23,25). The molecule has 0 radical (unpaired) electrons. The van der Waals surface area contributed by atoms with Crippen LogP contribution < -0.4 is 10.9 Å². The van der Waals surface area contributed by atoms with Crippen LogP contribution in [-0.4, -0.2) is 29.6 Å². The molecule has 0 aliphatic carbocycles. The summed E-state index contributed by atoms with van der Waals surface area (Å²) in [5.41, 5.74) is 0.268. The van der Waals surface area contributed by atoms with Crippen LogP contribution in [0.3, 0.4) is 0 Å². The van der Waals surface area contributed by atoms with E-state index in [1.165, 1.54) is 13.2 Å². The SMILES string of the molecule is Cc1c(S(C)(=O)=O)cc([N+](=O)[O-])c2sc(NCc3coc(-c4ccccc4)n3)nc(=O)c12. The molecule has 0 aliphatic rings. The molecule has 0 fully saturated rings. The number of aromatic nitrogens is 2. The zero-order chi connectivity index (χ0) is 23.0. The third kappa shape index (κ3) is 4.09. The summed E-state index contributed by atoms with van der Waals surface area (Å²) in [6.07, 6.45) is 2.40. The Balaban J connectivity index is 1.71. The second-order valence-corrected chi connectivity index (χ2v) is 9.92. The number of oxazole rings is 1. The molecule has 12 heteroatoms. The van der Waals surface area contributed by atoms with Gasteiger partial charge in [-0.15, -0.1) is 0 Å². The molecule has 164 valence electrons. The molecule has 0 atom stereocenters. The van der Waals surface area contributed by atoms with Gasteiger partial charge in [0.15, 0.2) is 15.0 Å². The summed E-state index contributed by atoms with van der Waals surface area (Å²) in [6, 6.07) is 10.3. The first-order valence-corrected chi connectivity index (χ1v) is 11.9. The summed E-state index contributed by atoms with van der Waals surface area (Å²) in [7, 11) is -3.78. The van der Waals surface area contributed by atoms with E-state index in [0.717, 1.165) is 29.2 Å². The highest BCUT2D eigenvalue weighted by atomic mass is 32.2. The van der Waals surface area contributed by atoms with E-state index in [0.29, 0.717) is 11.6 Å². The number of benzene rings is 2. The van der Waals surface area contributed by atoms with Crippen molar-refractivity contribution >= 4 is 42.1 Å². The molecule has 0 saturated carbocycles. The lowest BCUT2D eigenvalue weighted by atomic mass is 10.1. The molecule has 4 rings (SSSR count). The van der Waals surface area contributed by atoms with E-state index in [1.54, 1.807) is 0 Å². The topological polar surface area (TPSA) is 145 Å². The lowest BCUT2D eigenvalue weighted by molar-refractivity contribution is -0.383. The molecule has 2 aromatic heterocycles. The second-order valence-electron chi connectivity index (χ2n) is 6.94. The largest absolute Gasteiger partial charge is 0.444 e. The first-order valence-electron chi connectivity index (χ1n) is 9.21. The summed E-state index contributed by atoms with van der Waals surface area (Å²) in [4.78, 5) is 31.6. The summed E-state index contributed by atoms with van der Waals surface area (Å²) in [5.74, 6) is 0.432. The van der Waals surface area contributed by atoms with Gasteiger partial charge < -0.3 is 9.73 Å². The molecular weight excluding hydrogens is 456 g/mol. The van der Waals surface area contributed by atoms with Gasteiger partial charge in [-0.25, -0.2) is 13.4 Å². The van der Waals surface area contributed by atoms with E-state index in [1.807, 2.05) is 30.3 Å². The first kappa shape index (κ1) is 21.6. The van der Waals surface area contributed by atoms with Crippen LogP contribution in [0.4, 0.5) is 10.8 Å². The van der Waals surface area contributed by atoms with Crippen LogP contribution in [0, 0.1) is 17.0 Å². The summed E-state index contributed by atoms with van der Waals surface area (Å²) < 4.78 is 29.6. The zero-order valence-corrected chi connectivity index (χ0v) is 18.5. The van der Waals surface area contributed by atoms with Gasteiger partial charge in [-0.05, 0) is 24.6 Å². The Bertz CT molecular complexity index is 1510. The number of nitro benzene ring substituents is 1. The van der Waals surface area contributed by atoms with Crippen molar-refractivity contribution in [3.63, 3.8) is 0 Å². The number of nitrogens with zero attached hydrogens (tertiary/aromatic N) is 3. The van der Waals surface area contributed by atoms with Gasteiger partial charge in [0, 0.05) is 17.9 Å². The van der Waals surface area contributed by atoms with Gasteiger partial charge >= 0.3 is 0 Å². The fourth-order valence-electron chi connectivity index (χ4n) is 3.21. The normalized spacial score (nSPS) is 11.6. The highest BCUT2D eigenvalue weighted by Gasteiger charge is 2.25. The lowest BCUT2D eigenvalue weighted by Gasteiger charge is -2.09. The average molecular weight is 473 g/mol. The number of fused-ring (bicyclic) bond motifs is 1. The molecule has 10 nitrogen and oxygen atoms in total. The molecular formula is C20H16N4O6S2. The van der Waals surface area contributed by atoms with Crippen LogP contribution in [0.5, 0.6) is 0 Å². The highest BCUT2D eigenvalue weighted by molar-refractivity contribution is 7.90. The molecule has 32 heavy (non-hydrogen) atoms. The first-order chi connectivity index (χ1) is 15.1. The summed E-state index contributed by atoms with van der Waals surface area (Å²) in [6.45, 7) is 1.60. The number of anilines is 1. The minimum atomic E-state index is -3.78. The average Bonchev–Trinajstić information content (AvgIpc) is 3.21. The minimum Gasteiger partial charge on any atom is -0.444 e. The third-order valence-corrected chi connectivity index (χ3v) is 6.95. The van der Waals surface area contributed by atoms with Crippen molar-refractivity contribution < 1.29 is 17.8 Å². The van der Waals surface area contributed by atoms with Crippen LogP contribution in [0.1, 0.15) is 11.3 Å². The molecule has 2 heterocycles. The van der Waals surface area contributed by atoms with Crippen LogP contribution >= 0.6 is 11.3 Å². The Morgan fingerprint density at radius 3 is 2.59 bits per heavy atom. The number of sulfone groups is 1. The van der Waals surface area contributed by atoms with E-state index in [2.05, 4.69) is 15.3 Å². The number of hydrogen-bond donors (Lipinski definition) is 1. The Labute approximate surface area is 185 Å². The number of hydrogen-bond acceptors (Lipinski definition) is 10. The molecule has 0 spiro atoms. The van der Waals surface area contributed by atoms with Gasteiger partial charge in [0.2, 0.25) is 5.89 Å². The Morgan fingerprint density at radius 1 is 1.22 bits per heavy atom. The van der Waals surface area contributed by atoms with E-state index in [9.17, 15) is 23.3 Å². The van der Waals surface area contributed by atoms with Crippen molar-refractivity contribution in [3.05, 3.63) is 74.4 Å². The lowest BCUT2D eigenvalue weighted by Crippen LogP contribution is -2.13. The zero-order valence-electron chi connectivity index (χ0n) is 16.9. The number of non-ortho nitro benzene ring substituents is 1. The third-order valence-electron chi connectivity index (χ3n) is 4.68. The highest BCUT2D eigenvalue weighted by Crippen LogP contribution is 2.35. The molecule has 4 aromatic rings. The van der Waals surface area contributed by atoms with E-state index in [-0.39, 0.29) is 32.2 Å². The van der Waals surface area contributed by atoms with Gasteiger partial charge in [0.1, 0.15) is 11.0 Å². The second kappa shape index (κ2) is 8.13. The molecule has 0 saturated heterocycles. The fraction of sp³-hybridized carbons (Fsp3) is 0.150. The van der Waals surface area contributed by atoms with Gasteiger partial charge in [-0.3, -0.25) is 14.9 Å². The maximum Gasteiger partial charge on any atom is 0.288 e. The number of rotatable bonds is 6. The van der Waals surface area contributed by atoms with Gasteiger partial charge in [-0.1, -0.05) is 29.5 Å². The monoisotopic (exact) mass is 472 g/mol. The summed E-state index contributed by atoms with van der Waals surface area (Å²) in [5, 5.41) is 14.6. The van der Waals surface area contributed by atoms with Gasteiger partial charge in [-0.2, -0.15) is 4.98 Å². The Hall–Kier alpha value is -3.64. The van der Waals surface area contributed by atoms with Crippen LogP contribution in [0.2, 0.25) is 0 Å². The Morgan fingerprint density at radius 2 is 1.94 bits per heavy atom. The smallest absolute Gasteiger partial charge is 0.288 e. The predicted molar refractivity (Wildman–Crippen MR) is 120 cm³/mol. The van der Waals surface area contributed by atoms with E-state index in [4.69, 9.17) is 4.42 Å². The van der Waals surface area contributed by atoms with Gasteiger partial charge in [0.05, 0.1) is 27.4 Å². The Kier molecular flexibility index (Phi) is 5.48. The molecule has 2 aromatic carbocycles. The quantitative estimate of drug-likeness (QED) is 0.329. The van der Waals surface area contributed by atoms with Crippen molar-refractivity contribution in [2.45, 2.75) is 18.4 Å². The van der Waals surface area contributed by atoms with Crippen molar-refractivity contribution in [1.82, 2.24) is 9.97 Å². The fourth-order valence-corrected chi connectivity index (χ4v) is 5.24. The molecule has 0 aliphatic heterocycles. The molecule has 0 unspecified atom stereocenters. The van der Waals surface area contributed by atoms with Crippen molar-refractivity contribution in [3.8, 4) is 11.5 Å². The van der Waals surface area contributed by atoms with Crippen molar-refractivity contribution in [2.24, 2.45) is 0 Å². The van der Waals surface area contributed by atoms with Crippen molar-refractivity contribution in [1.29, 1.82) is 0 Å². The number of aryl methyl sites for hydroxylation is 1. The predicted octanol–water partition coefficient (Wildman–Crippen LogP) is 3.54. The maximum atomic E-state index is 12.7. The molecule has 0 amide bonds. The molecule has 1 N–H and O–H groups in total. The number of nitrogens with one attached hydrogen (secondary N) is 1. The maximum absolute atomic E-state index is 12.7.